The number of benzene rings is 1. The van der Waals surface area contributed by atoms with E-state index in [-0.39, 0.29) is 11.9 Å². The number of hydrogen-bond acceptors (Lipinski definition) is 3. The van der Waals surface area contributed by atoms with Crippen molar-refractivity contribution in [3.63, 3.8) is 0 Å². The van der Waals surface area contributed by atoms with Gasteiger partial charge in [-0.05, 0) is 50.6 Å². The molecule has 0 saturated carbocycles. The maximum atomic E-state index is 12.0. The quantitative estimate of drug-likeness (QED) is 0.878. The van der Waals surface area contributed by atoms with Gasteiger partial charge in [0.1, 0.15) is 0 Å². The summed E-state index contributed by atoms with van der Waals surface area (Å²) in [5, 5.41) is 7.71. The molecule has 0 aliphatic carbocycles. The number of piperidine rings is 1. The van der Waals surface area contributed by atoms with Crippen LogP contribution in [-0.4, -0.2) is 30.0 Å². The van der Waals surface area contributed by atoms with Gasteiger partial charge in [0.15, 0.2) is 0 Å². The van der Waals surface area contributed by atoms with Crippen molar-refractivity contribution in [2.24, 2.45) is 0 Å². The molecular weight excluding hydrogens is 292 g/mol. The first-order chi connectivity index (χ1) is 9.65. The van der Waals surface area contributed by atoms with Crippen LogP contribution in [0.15, 0.2) is 24.3 Å². The molecule has 110 valence electrons. The van der Waals surface area contributed by atoms with Gasteiger partial charge in [-0.15, -0.1) is 11.8 Å². The zero-order valence-corrected chi connectivity index (χ0v) is 13.3. The highest BCUT2D eigenvalue weighted by atomic mass is 35.5. The van der Waals surface area contributed by atoms with Crippen LogP contribution in [0.1, 0.15) is 31.4 Å². The van der Waals surface area contributed by atoms with Gasteiger partial charge in [-0.25, -0.2) is 0 Å². The third-order valence-electron chi connectivity index (χ3n) is 3.48. The molecule has 20 heavy (non-hydrogen) atoms. The Balaban J connectivity index is 1.74. The van der Waals surface area contributed by atoms with E-state index in [4.69, 9.17) is 11.6 Å². The van der Waals surface area contributed by atoms with Crippen LogP contribution in [0.5, 0.6) is 0 Å². The third kappa shape index (κ3) is 5.00. The Labute approximate surface area is 129 Å². The zero-order valence-electron chi connectivity index (χ0n) is 11.7. The number of thioether (sulfide) groups is 1. The molecule has 1 aliphatic heterocycles. The van der Waals surface area contributed by atoms with Crippen molar-refractivity contribution in [3.8, 4) is 0 Å². The van der Waals surface area contributed by atoms with E-state index in [0.717, 1.165) is 31.5 Å². The number of nitrogens with one attached hydrogen (secondary N) is 2. The molecule has 1 heterocycles. The lowest BCUT2D eigenvalue weighted by Crippen LogP contribution is -2.32. The van der Waals surface area contributed by atoms with Gasteiger partial charge in [0.05, 0.1) is 11.8 Å². The number of carbonyl (C=O) groups excluding carboxylic acids is 1. The number of rotatable bonds is 5. The van der Waals surface area contributed by atoms with Crippen LogP contribution in [0.2, 0.25) is 5.02 Å². The molecule has 0 radical (unpaired) electrons. The molecule has 1 amide bonds. The van der Waals surface area contributed by atoms with Crippen molar-refractivity contribution in [2.45, 2.75) is 31.1 Å². The molecule has 1 aromatic rings. The number of hydrogen-bond donors (Lipinski definition) is 2. The fourth-order valence-corrected chi connectivity index (χ4v) is 3.44. The molecule has 0 aromatic heterocycles. The first-order valence-electron chi connectivity index (χ1n) is 7.02. The number of halogens is 1. The number of amides is 1. The summed E-state index contributed by atoms with van der Waals surface area (Å²) >= 11 is 7.63. The Bertz CT molecular complexity index is 432. The summed E-state index contributed by atoms with van der Waals surface area (Å²) in [4.78, 5) is 12.0. The van der Waals surface area contributed by atoms with Gasteiger partial charge >= 0.3 is 0 Å². The van der Waals surface area contributed by atoms with Crippen molar-refractivity contribution >= 4 is 29.3 Å². The summed E-state index contributed by atoms with van der Waals surface area (Å²) in [6, 6.07) is 7.63. The minimum absolute atomic E-state index is 0.0217. The summed E-state index contributed by atoms with van der Waals surface area (Å²) in [5.74, 6) is 0.652. The maximum Gasteiger partial charge on any atom is 0.230 e. The second kappa shape index (κ2) is 7.91. The predicted octanol–water partition coefficient (Wildman–Crippen LogP) is 3.00. The molecule has 2 rings (SSSR count). The summed E-state index contributed by atoms with van der Waals surface area (Å²) < 4.78 is 0. The van der Waals surface area contributed by atoms with Crippen LogP contribution >= 0.6 is 23.4 Å². The predicted molar refractivity (Wildman–Crippen MR) is 86.4 cm³/mol. The molecule has 0 bridgehead atoms. The highest BCUT2D eigenvalue weighted by molar-refractivity contribution is 8.00. The maximum absolute atomic E-state index is 12.0. The molecule has 1 atom stereocenters. The molecule has 1 saturated heterocycles. The van der Waals surface area contributed by atoms with E-state index in [0.29, 0.717) is 16.0 Å². The monoisotopic (exact) mass is 312 g/mol. The summed E-state index contributed by atoms with van der Waals surface area (Å²) in [5.41, 5.74) is 1.08. The lowest BCUT2D eigenvalue weighted by Gasteiger charge is -2.22. The summed E-state index contributed by atoms with van der Waals surface area (Å²) in [7, 11) is 0. The average Bonchev–Trinajstić information content (AvgIpc) is 2.47. The fourth-order valence-electron chi connectivity index (χ4n) is 2.27. The van der Waals surface area contributed by atoms with Crippen molar-refractivity contribution in [1.82, 2.24) is 10.6 Å². The van der Waals surface area contributed by atoms with Gasteiger partial charge in [-0.3, -0.25) is 4.79 Å². The van der Waals surface area contributed by atoms with E-state index in [1.54, 1.807) is 11.8 Å². The molecule has 3 nitrogen and oxygen atoms in total. The Kier molecular flexibility index (Phi) is 6.20. The molecule has 0 unspecified atom stereocenters. The number of carbonyl (C=O) groups is 1. The molecule has 1 aromatic carbocycles. The van der Waals surface area contributed by atoms with Crippen LogP contribution in [0.4, 0.5) is 0 Å². The van der Waals surface area contributed by atoms with Gasteiger partial charge in [0.25, 0.3) is 0 Å². The van der Waals surface area contributed by atoms with Gasteiger partial charge in [-0.2, -0.15) is 0 Å². The van der Waals surface area contributed by atoms with Crippen LogP contribution in [-0.2, 0) is 4.79 Å². The molecule has 1 aliphatic rings. The van der Waals surface area contributed by atoms with Gasteiger partial charge < -0.3 is 10.6 Å². The lowest BCUT2D eigenvalue weighted by molar-refractivity contribution is -0.119. The van der Waals surface area contributed by atoms with Gasteiger partial charge in [0.2, 0.25) is 5.91 Å². The van der Waals surface area contributed by atoms with E-state index in [1.807, 2.05) is 31.2 Å². The molecule has 2 N–H and O–H groups in total. The van der Waals surface area contributed by atoms with Crippen LogP contribution in [0, 0.1) is 0 Å². The highest BCUT2D eigenvalue weighted by Crippen LogP contribution is 2.20. The first-order valence-corrected chi connectivity index (χ1v) is 8.45. The van der Waals surface area contributed by atoms with Gasteiger partial charge in [-0.1, -0.05) is 23.7 Å². The van der Waals surface area contributed by atoms with E-state index in [2.05, 4.69) is 10.6 Å². The summed E-state index contributed by atoms with van der Waals surface area (Å²) in [6.07, 6.45) is 2.31. The van der Waals surface area contributed by atoms with Crippen molar-refractivity contribution in [3.05, 3.63) is 34.9 Å². The van der Waals surface area contributed by atoms with Crippen molar-refractivity contribution < 1.29 is 4.79 Å². The molecule has 0 spiro atoms. The summed E-state index contributed by atoms with van der Waals surface area (Å²) in [6.45, 7) is 4.14. The lowest BCUT2D eigenvalue weighted by atomic mass is 10.1. The largest absolute Gasteiger partial charge is 0.349 e. The van der Waals surface area contributed by atoms with Gasteiger partial charge in [0, 0.05) is 10.3 Å². The van der Waals surface area contributed by atoms with E-state index in [9.17, 15) is 4.79 Å². The fraction of sp³-hybridized carbons (Fsp3) is 0.533. The zero-order chi connectivity index (χ0) is 14.4. The van der Waals surface area contributed by atoms with Crippen molar-refractivity contribution in [2.75, 3.05) is 18.8 Å². The molecule has 5 heteroatoms. The minimum Gasteiger partial charge on any atom is -0.349 e. The van der Waals surface area contributed by atoms with Crippen LogP contribution < -0.4 is 10.6 Å². The topological polar surface area (TPSA) is 41.1 Å². The SMILES string of the molecule is C[C@H](NC(=O)CSC1CCNCC1)c1ccc(Cl)cc1. The standard InChI is InChI=1S/C15H21ClN2OS/c1-11(12-2-4-13(16)5-3-12)18-15(19)10-20-14-6-8-17-9-7-14/h2-5,11,14,17H,6-10H2,1H3,(H,18,19)/t11-/m0/s1. The second-order valence-electron chi connectivity index (χ2n) is 5.10. The van der Waals surface area contributed by atoms with E-state index < -0.39 is 0 Å². The van der Waals surface area contributed by atoms with Crippen LogP contribution in [0.25, 0.3) is 0 Å². The first kappa shape index (κ1) is 15.7. The highest BCUT2D eigenvalue weighted by Gasteiger charge is 2.16. The van der Waals surface area contributed by atoms with Crippen LogP contribution in [0.3, 0.4) is 0 Å². The Hall–Kier alpha value is -0.710. The Morgan fingerprint density at radius 2 is 2.05 bits per heavy atom. The van der Waals surface area contributed by atoms with Crippen molar-refractivity contribution in [1.29, 1.82) is 0 Å². The molecule has 1 fully saturated rings. The average molecular weight is 313 g/mol. The Morgan fingerprint density at radius 1 is 1.40 bits per heavy atom. The smallest absolute Gasteiger partial charge is 0.230 e. The molecular formula is C15H21ClN2OS. The van der Waals surface area contributed by atoms with E-state index >= 15 is 0 Å². The Morgan fingerprint density at radius 3 is 2.70 bits per heavy atom. The second-order valence-corrected chi connectivity index (χ2v) is 6.83. The van der Waals surface area contributed by atoms with E-state index in [1.165, 1.54) is 0 Å². The third-order valence-corrected chi connectivity index (χ3v) is 5.11. The minimum atomic E-state index is 0.0217. The normalized spacial score (nSPS) is 17.7.